The van der Waals surface area contributed by atoms with Crippen LogP contribution in [0.5, 0.6) is 0 Å². The molecule has 0 spiro atoms. The molecule has 1 rings (SSSR count). The highest BCUT2D eigenvalue weighted by Gasteiger charge is 2.38. The summed E-state index contributed by atoms with van der Waals surface area (Å²) in [6, 6.07) is 0. The first kappa shape index (κ1) is 9.96. The molecular weight excluding hydrogens is 168 g/mol. The second kappa shape index (κ2) is 3.32. The first-order chi connectivity index (χ1) is 5.93. The molecule has 0 fully saturated rings. The van der Waals surface area contributed by atoms with Gasteiger partial charge in [-0.2, -0.15) is 0 Å². The number of hydrogen-bond donors (Lipinski definition) is 0. The molecule has 3 heteroatoms. The second-order valence-corrected chi connectivity index (χ2v) is 3.99. The zero-order valence-corrected chi connectivity index (χ0v) is 8.16. The third-order valence-corrected chi connectivity index (χ3v) is 2.18. The van der Waals surface area contributed by atoms with Crippen molar-refractivity contribution in [2.75, 3.05) is 0 Å². The molecule has 0 amide bonds. The van der Waals surface area contributed by atoms with Gasteiger partial charge in [0.15, 0.2) is 11.9 Å². The van der Waals surface area contributed by atoms with Gasteiger partial charge in [0.25, 0.3) is 0 Å². The van der Waals surface area contributed by atoms with Crippen LogP contribution in [0.3, 0.4) is 0 Å². The van der Waals surface area contributed by atoms with Crippen molar-refractivity contribution in [3.63, 3.8) is 0 Å². The average Bonchev–Trinajstić information content (AvgIpc) is 1.96. The number of carbonyl (C=O) groups excluding carboxylic acids is 2. The van der Waals surface area contributed by atoms with E-state index in [9.17, 15) is 9.59 Å². The van der Waals surface area contributed by atoms with Gasteiger partial charge in [-0.05, 0) is 12.5 Å². The van der Waals surface area contributed by atoms with Crippen molar-refractivity contribution in [3.8, 4) is 0 Å². The van der Waals surface area contributed by atoms with Gasteiger partial charge in [0.05, 0.1) is 0 Å². The molecule has 72 valence electrons. The van der Waals surface area contributed by atoms with E-state index in [1.165, 1.54) is 13.0 Å². The SMILES string of the molecule is CC(=O)O[C@H]1C(=O)C=CCC1(C)C. The molecule has 0 radical (unpaired) electrons. The van der Waals surface area contributed by atoms with Crippen LogP contribution in [-0.4, -0.2) is 17.9 Å². The van der Waals surface area contributed by atoms with Gasteiger partial charge in [-0.25, -0.2) is 0 Å². The largest absolute Gasteiger partial charge is 0.454 e. The maximum atomic E-state index is 11.4. The van der Waals surface area contributed by atoms with Gasteiger partial charge in [-0.1, -0.05) is 19.9 Å². The van der Waals surface area contributed by atoms with Gasteiger partial charge in [0, 0.05) is 12.3 Å². The van der Waals surface area contributed by atoms with Gasteiger partial charge in [0.1, 0.15) is 0 Å². The van der Waals surface area contributed by atoms with Crippen LogP contribution < -0.4 is 0 Å². The molecule has 1 aliphatic rings. The van der Waals surface area contributed by atoms with Crippen molar-refractivity contribution in [2.24, 2.45) is 5.41 Å². The predicted octanol–water partition coefficient (Wildman–Crippen LogP) is 1.47. The van der Waals surface area contributed by atoms with Gasteiger partial charge < -0.3 is 4.74 Å². The van der Waals surface area contributed by atoms with Gasteiger partial charge in [-0.15, -0.1) is 0 Å². The zero-order chi connectivity index (χ0) is 10.1. The Morgan fingerprint density at radius 2 is 2.23 bits per heavy atom. The Hall–Kier alpha value is -1.12. The highest BCUT2D eigenvalue weighted by molar-refractivity contribution is 5.96. The summed E-state index contributed by atoms with van der Waals surface area (Å²) in [7, 11) is 0. The summed E-state index contributed by atoms with van der Waals surface area (Å²) in [6.07, 6.45) is 3.45. The summed E-state index contributed by atoms with van der Waals surface area (Å²) in [5.41, 5.74) is -0.280. The van der Waals surface area contributed by atoms with E-state index in [0.29, 0.717) is 0 Å². The van der Waals surface area contributed by atoms with E-state index in [-0.39, 0.29) is 11.2 Å². The number of ketones is 1. The maximum absolute atomic E-state index is 11.4. The van der Waals surface area contributed by atoms with Crippen LogP contribution in [0.25, 0.3) is 0 Å². The minimum atomic E-state index is -0.616. The Kier molecular flexibility index (Phi) is 2.55. The van der Waals surface area contributed by atoms with E-state index in [1.807, 2.05) is 19.9 Å². The van der Waals surface area contributed by atoms with Gasteiger partial charge >= 0.3 is 5.97 Å². The molecular formula is C10H14O3. The number of hydrogen-bond acceptors (Lipinski definition) is 3. The summed E-state index contributed by atoms with van der Waals surface area (Å²) >= 11 is 0. The number of ether oxygens (including phenoxy) is 1. The Balaban J connectivity index is 2.83. The topological polar surface area (TPSA) is 43.4 Å². The number of carbonyl (C=O) groups is 2. The molecule has 1 atom stereocenters. The molecule has 0 saturated carbocycles. The first-order valence-electron chi connectivity index (χ1n) is 4.31. The summed E-state index contributed by atoms with van der Waals surface area (Å²) in [5.74, 6) is -0.520. The van der Waals surface area contributed by atoms with Crippen LogP contribution in [0.1, 0.15) is 27.2 Å². The molecule has 0 heterocycles. The fraction of sp³-hybridized carbons (Fsp3) is 0.600. The van der Waals surface area contributed by atoms with E-state index in [2.05, 4.69) is 0 Å². The molecule has 0 aliphatic heterocycles. The van der Waals surface area contributed by atoms with Crippen LogP contribution in [-0.2, 0) is 14.3 Å². The first-order valence-corrected chi connectivity index (χ1v) is 4.31. The molecule has 13 heavy (non-hydrogen) atoms. The summed E-state index contributed by atoms with van der Waals surface area (Å²) < 4.78 is 4.98. The van der Waals surface area contributed by atoms with Crippen molar-refractivity contribution in [3.05, 3.63) is 12.2 Å². The van der Waals surface area contributed by atoms with Crippen LogP contribution in [0.4, 0.5) is 0 Å². The third-order valence-electron chi connectivity index (χ3n) is 2.18. The van der Waals surface area contributed by atoms with Crippen LogP contribution >= 0.6 is 0 Å². The molecule has 0 aromatic rings. The lowest BCUT2D eigenvalue weighted by Gasteiger charge is -2.33. The van der Waals surface area contributed by atoms with Crippen molar-refractivity contribution >= 4 is 11.8 Å². The molecule has 0 N–H and O–H groups in total. The monoisotopic (exact) mass is 182 g/mol. The maximum Gasteiger partial charge on any atom is 0.303 e. The summed E-state index contributed by atoms with van der Waals surface area (Å²) in [6.45, 7) is 5.16. The smallest absolute Gasteiger partial charge is 0.303 e. The minimum absolute atomic E-state index is 0.119. The van der Waals surface area contributed by atoms with Crippen molar-refractivity contribution in [1.82, 2.24) is 0 Å². The molecule has 1 aliphatic carbocycles. The van der Waals surface area contributed by atoms with E-state index in [4.69, 9.17) is 4.74 Å². The minimum Gasteiger partial charge on any atom is -0.454 e. The van der Waals surface area contributed by atoms with Crippen molar-refractivity contribution in [2.45, 2.75) is 33.3 Å². The van der Waals surface area contributed by atoms with Crippen LogP contribution in [0.15, 0.2) is 12.2 Å². The third kappa shape index (κ3) is 2.17. The number of esters is 1. The lowest BCUT2D eigenvalue weighted by Crippen LogP contribution is -2.41. The highest BCUT2D eigenvalue weighted by atomic mass is 16.5. The van der Waals surface area contributed by atoms with Crippen molar-refractivity contribution in [1.29, 1.82) is 0 Å². The quantitative estimate of drug-likeness (QED) is 0.577. The molecule has 3 nitrogen and oxygen atoms in total. The Morgan fingerprint density at radius 3 is 2.69 bits per heavy atom. The zero-order valence-electron chi connectivity index (χ0n) is 8.16. The predicted molar refractivity (Wildman–Crippen MR) is 48.1 cm³/mol. The number of rotatable bonds is 1. The lowest BCUT2D eigenvalue weighted by molar-refractivity contribution is -0.159. The highest BCUT2D eigenvalue weighted by Crippen LogP contribution is 2.32. The Bertz CT molecular complexity index is 263. The van der Waals surface area contributed by atoms with Crippen LogP contribution in [0.2, 0.25) is 0 Å². The van der Waals surface area contributed by atoms with Crippen LogP contribution in [0, 0.1) is 5.41 Å². The van der Waals surface area contributed by atoms with E-state index in [0.717, 1.165) is 6.42 Å². The Morgan fingerprint density at radius 1 is 1.62 bits per heavy atom. The summed E-state index contributed by atoms with van der Waals surface area (Å²) in [5, 5.41) is 0. The standard InChI is InChI=1S/C10H14O3/c1-7(11)13-9-8(12)5-4-6-10(9,2)3/h4-5,9H,6H2,1-3H3/t9-/m0/s1. The van der Waals surface area contributed by atoms with E-state index < -0.39 is 12.1 Å². The lowest BCUT2D eigenvalue weighted by atomic mass is 9.77. The molecule has 0 saturated heterocycles. The molecule has 0 unspecified atom stereocenters. The van der Waals surface area contributed by atoms with Gasteiger partial charge in [0.2, 0.25) is 0 Å². The fourth-order valence-corrected chi connectivity index (χ4v) is 1.44. The normalized spacial score (nSPS) is 25.8. The second-order valence-electron chi connectivity index (χ2n) is 3.99. The van der Waals surface area contributed by atoms with Crippen molar-refractivity contribution < 1.29 is 14.3 Å². The van der Waals surface area contributed by atoms with Gasteiger partial charge in [-0.3, -0.25) is 9.59 Å². The number of allylic oxidation sites excluding steroid dienone is 1. The summed E-state index contributed by atoms with van der Waals surface area (Å²) in [4.78, 5) is 22.1. The molecule has 0 aromatic carbocycles. The fourth-order valence-electron chi connectivity index (χ4n) is 1.44. The van der Waals surface area contributed by atoms with E-state index in [1.54, 1.807) is 0 Å². The van der Waals surface area contributed by atoms with E-state index >= 15 is 0 Å². The Labute approximate surface area is 77.8 Å². The molecule has 0 aromatic heterocycles. The molecule has 0 bridgehead atoms. The average molecular weight is 182 g/mol.